The lowest BCUT2D eigenvalue weighted by Crippen LogP contribution is -2.22. The lowest BCUT2D eigenvalue weighted by Gasteiger charge is -2.29. The van der Waals surface area contributed by atoms with Gasteiger partial charge in [0.15, 0.2) is 0 Å². The molecule has 0 aromatic heterocycles. The van der Waals surface area contributed by atoms with Gasteiger partial charge in [-0.3, -0.25) is 0 Å². The summed E-state index contributed by atoms with van der Waals surface area (Å²) in [5.41, 5.74) is 14.5. The molecular weight excluding hydrogens is 528 g/mol. The zero-order chi connectivity index (χ0) is 29.0. The Balaban J connectivity index is 1.31. The SMILES string of the molecule is CC1(c2ccccc2)c2cc(-c3c4c(cc5ccccc35)-c3cccc5cccc-4c35)ccc2-c2cc3ccccc3cc21. The van der Waals surface area contributed by atoms with Crippen molar-refractivity contribution in [3.05, 3.63) is 168 Å². The van der Waals surface area contributed by atoms with Crippen LogP contribution in [0.3, 0.4) is 0 Å². The van der Waals surface area contributed by atoms with Gasteiger partial charge in [-0.1, -0.05) is 127 Å². The Kier molecular flexibility index (Phi) is 4.67. The van der Waals surface area contributed by atoms with Gasteiger partial charge in [-0.15, -0.1) is 0 Å². The Labute approximate surface area is 256 Å². The van der Waals surface area contributed by atoms with Crippen molar-refractivity contribution in [3.63, 3.8) is 0 Å². The van der Waals surface area contributed by atoms with Crippen molar-refractivity contribution in [1.29, 1.82) is 0 Å². The molecule has 0 nitrogen and oxygen atoms in total. The van der Waals surface area contributed by atoms with Crippen LogP contribution in [0.5, 0.6) is 0 Å². The van der Waals surface area contributed by atoms with E-state index in [1.165, 1.54) is 93.5 Å². The van der Waals surface area contributed by atoms with Crippen LogP contribution in [0.1, 0.15) is 23.6 Å². The van der Waals surface area contributed by atoms with Gasteiger partial charge in [-0.2, -0.15) is 0 Å². The first-order valence-corrected chi connectivity index (χ1v) is 15.5. The predicted octanol–water partition coefficient (Wildman–Crippen LogP) is 11.8. The monoisotopic (exact) mass is 556 g/mol. The maximum absolute atomic E-state index is 2.51. The van der Waals surface area contributed by atoms with Crippen molar-refractivity contribution in [1.82, 2.24) is 0 Å². The summed E-state index contributed by atoms with van der Waals surface area (Å²) in [7, 11) is 0. The molecule has 0 bridgehead atoms. The molecule has 0 saturated carbocycles. The number of rotatable bonds is 2. The lowest BCUT2D eigenvalue weighted by molar-refractivity contribution is 0.715. The fourth-order valence-electron chi connectivity index (χ4n) is 8.37. The number of benzene rings is 8. The van der Waals surface area contributed by atoms with Crippen LogP contribution in [0.4, 0.5) is 0 Å². The van der Waals surface area contributed by atoms with Crippen LogP contribution >= 0.6 is 0 Å². The van der Waals surface area contributed by atoms with Crippen molar-refractivity contribution >= 4 is 32.3 Å². The third kappa shape index (κ3) is 3.02. The van der Waals surface area contributed by atoms with Crippen LogP contribution in [0.25, 0.3) is 76.8 Å². The number of hydrogen-bond acceptors (Lipinski definition) is 0. The van der Waals surface area contributed by atoms with Gasteiger partial charge in [0.05, 0.1) is 0 Å². The summed E-state index contributed by atoms with van der Waals surface area (Å²) in [5, 5.41) is 7.84. The fraction of sp³-hybridized carbons (Fsp3) is 0.0455. The van der Waals surface area contributed by atoms with Crippen molar-refractivity contribution in [2.75, 3.05) is 0 Å². The molecule has 1 atom stereocenters. The molecule has 0 heterocycles. The highest BCUT2D eigenvalue weighted by atomic mass is 14.4. The summed E-state index contributed by atoms with van der Waals surface area (Å²) in [6.45, 7) is 2.43. The highest BCUT2D eigenvalue weighted by Crippen LogP contribution is 2.57. The molecule has 8 aromatic rings. The van der Waals surface area contributed by atoms with E-state index < -0.39 is 0 Å². The number of hydrogen-bond donors (Lipinski definition) is 0. The van der Waals surface area contributed by atoms with Crippen molar-refractivity contribution < 1.29 is 0 Å². The van der Waals surface area contributed by atoms with E-state index in [-0.39, 0.29) is 5.41 Å². The second-order valence-electron chi connectivity index (χ2n) is 12.6. The molecular formula is C44H28. The third-order valence-electron chi connectivity index (χ3n) is 10.4. The summed E-state index contributed by atoms with van der Waals surface area (Å²) in [5.74, 6) is 0. The molecule has 2 aliphatic carbocycles. The molecule has 1 unspecified atom stereocenters. The first kappa shape index (κ1) is 24.0. The highest BCUT2D eigenvalue weighted by molar-refractivity contribution is 6.22. The molecule has 0 N–H and O–H groups in total. The zero-order valence-corrected chi connectivity index (χ0v) is 24.4. The van der Waals surface area contributed by atoms with Crippen LogP contribution in [0.15, 0.2) is 152 Å². The molecule has 8 aromatic carbocycles. The van der Waals surface area contributed by atoms with Gasteiger partial charge in [0.2, 0.25) is 0 Å². The molecule has 0 radical (unpaired) electrons. The van der Waals surface area contributed by atoms with Gasteiger partial charge >= 0.3 is 0 Å². The van der Waals surface area contributed by atoms with Crippen molar-refractivity contribution in [2.24, 2.45) is 0 Å². The first-order valence-electron chi connectivity index (χ1n) is 15.5. The molecule has 0 saturated heterocycles. The quantitative estimate of drug-likeness (QED) is 0.199. The molecule has 10 rings (SSSR count). The van der Waals surface area contributed by atoms with Crippen LogP contribution < -0.4 is 0 Å². The summed E-state index contributed by atoms with van der Waals surface area (Å²) >= 11 is 0. The average molecular weight is 557 g/mol. The van der Waals surface area contributed by atoms with Gasteiger partial charge < -0.3 is 0 Å². The minimum absolute atomic E-state index is 0.275. The van der Waals surface area contributed by atoms with E-state index in [2.05, 4.69) is 159 Å². The normalized spacial score (nSPS) is 15.9. The van der Waals surface area contributed by atoms with Gasteiger partial charge in [0, 0.05) is 5.41 Å². The zero-order valence-electron chi connectivity index (χ0n) is 24.4. The largest absolute Gasteiger partial charge is 0.0622 e. The third-order valence-corrected chi connectivity index (χ3v) is 10.4. The molecule has 44 heavy (non-hydrogen) atoms. The summed E-state index contributed by atoms with van der Waals surface area (Å²) in [4.78, 5) is 0. The van der Waals surface area contributed by atoms with E-state index in [1.807, 2.05) is 0 Å². The highest BCUT2D eigenvalue weighted by Gasteiger charge is 2.41. The Morgan fingerprint density at radius 1 is 0.386 bits per heavy atom. The van der Waals surface area contributed by atoms with E-state index in [0.29, 0.717) is 0 Å². The van der Waals surface area contributed by atoms with Crippen LogP contribution in [-0.2, 0) is 5.41 Å². The summed E-state index contributed by atoms with van der Waals surface area (Å²) < 4.78 is 0. The van der Waals surface area contributed by atoms with Gasteiger partial charge in [0.1, 0.15) is 0 Å². The second-order valence-corrected chi connectivity index (χ2v) is 12.6. The molecule has 0 amide bonds. The summed E-state index contributed by atoms with van der Waals surface area (Å²) in [6.07, 6.45) is 0. The maximum Gasteiger partial charge on any atom is 0.0435 e. The van der Waals surface area contributed by atoms with E-state index in [4.69, 9.17) is 0 Å². The van der Waals surface area contributed by atoms with Crippen LogP contribution in [-0.4, -0.2) is 0 Å². The van der Waals surface area contributed by atoms with E-state index in [0.717, 1.165) is 0 Å². The van der Waals surface area contributed by atoms with Crippen LogP contribution in [0, 0.1) is 0 Å². The molecule has 0 spiro atoms. The maximum atomic E-state index is 2.51. The minimum Gasteiger partial charge on any atom is -0.0622 e. The molecule has 0 heteroatoms. The Morgan fingerprint density at radius 3 is 1.84 bits per heavy atom. The smallest absolute Gasteiger partial charge is 0.0435 e. The number of fused-ring (bicyclic) bond motifs is 8. The van der Waals surface area contributed by atoms with Crippen molar-refractivity contribution in [3.8, 4) is 44.5 Å². The fourth-order valence-corrected chi connectivity index (χ4v) is 8.37. The lowest BCUT2D eigenvalue weighted by atomic mass is 9.73. The second kappa shape index (κ2) is 8.56. The van der Waals surface area contributed by atoms with E-state index in [1.54, 1.807) is 0 Å². The predicted molar refractivity (Wildman–Crippen MR) is 186 cm³/mol. The van der Waals surface area contributed by atoms with E-state index in [9.17, 15) is 0 Å². The molecule has 0 fully saturated rings. The molecule has 2 aliphatic rings. The van der Waals surface area contributed by atoms with Crippen LogP contribution in [0.2, 0.25) is 0 Å². The molecule has 0 aliphatic heterocycles. The van der Waals surface area contributed by atoms with E-state index >= 15 is 0 Å². The standard InChI is InChI=1S/C44H28/c1-44(32-16-3-2-4-17-32)39-26-31(21-22-34(39)37-23-28-11-5-6-12-29(28)25-40(37)44)42-33-18-8-7-13-30(33)24-38-35-19-9-14-27-15-10-20-36(41(27)35)43(38)42/h2-26H,1H3. The van der Waals surface area contributed by atoms with Gasteiger partial charge in [-0.05, 0) is 125 Å². The Hall–Kier alpha value is -5.46. The van der Waals surface area contributed by atoms with Crippen molar-refractivity contribution in [2.45, 2.75) is 12.3 Å². The average Bonchev–Trinajstić information content (AvgIpc) is 3.53. The summed E-state index contributed by atoms with van der Waals surface area (Å²) in [6, 6.07) is 56.8. The first-order chi connectivity index (χ1) is 21.7. The topological polar surface area (TPSA) is 0 Å². The molecule has 204 valence electrons. The van der Waals surface area contributed by atoms with Gasteiger partial charge in [-0.25, -0.2) is 0 Å². The minimum atomic E-state index is -0.275. The Bertz CT molecular complexity index is 2490. The Morgan fingerprint density at radius 2 is 1.02 bits per heavy atom. The van der Waals surface area contributed by atoms with Gasteiger partial charge in [0.25, 0.3) is 0 Å².